The SMILES string of the molecule is c1ccc(-c2ccc(-c3nc(-c4ccccc4)nc(-c4cccc5c4-c4ccccc4S5(c4ccc5ccccc5c4)c4ccc5ccccc5c4)n3)cc2)cc1. The first-order valence-corrected chi connectivity index (χ1v) is 20.9. The second kappa shape index (κ2) is 13.6. The monoisotopic (exact) mass is 745 g/mol. The lowest BCUT2D eigenvalue weighted by Gasteiger charge is -2.39. The second-order valence-corrected chi connectivity index (χ2v) is 17.5. The third-order valence-corrected chi connectivity index (χ3v) is 15.1. The van der Waals surface area contributed by atoms with Crippen molar-refractivity contribution in [3.63, 3.8) is 0 Å². The van der Waals surface area contributed by atoms with Gasteiger partial charge >= 0.3 is 0 Å². The molecule has 3 nitrogen and oxygen atoms in total. The van der Waals surface area contributed by atoms with Crippen molar-refractivity contribution in [3.8, 4) is 56.4 Å². The molecule has 10 aromatic rings. The Bertz CT molecular complexity index is 3040. The quantitative estimate of drug-likeness (QED) is 0.170. The van der Waals surface area contributed by atoms with Crippen LogP contribution in [0.3, 0.4) is 0 Å². The van der Waals surface area contributed by atoms with Gasteiger partial charge in [0.15, 0.2) is 17.5 Å². The van der Waals surface area contributed by atoms with Crippen molar-refractivity contribution in [2.45, 2.75) is 19.6 Å². The van der Waals surface area contributed by atoms with E-state index in [-0.39, 0.29) is 0 Å². The van der Waals surface area contributed by atoms with Crippen molar-refractivity contribution in [1.29, 1.82) is 0 Å². The Kier molecular flexibility index (Phi) is 7.90. The van der Waals surface area contributed by atoms with Crippen LogP contribution in [-0.2, 0) is 0 Å². The molecule has 57 heavy (non-hydrogen) atoms. The maximum absolute atomic E-state index is 5.31. The van der Waals surface area contributed by atoms with Gasteiger partial charge in [-0.25, -0.2) is 15.0 Å². The second-order valence-electron chi connectivity index (χ2n) is 14.4. The molecule has 0 amide bonds. The van der Waals surface area contributed by atoms with E-state index in [1.807, 2.05) is 24.3 Å². The van der Waals surface area contributed by atoms with Gasteiger partial charge < -0.3 is 0 Å². The van der Waals surface area contributed by atoms with Crippen LogP contribution in [0.1, 0.15) is 0 Å². The van der Waals surface area contributed by atoms with E-state index in [4.69, 9.17) is 15.0 Å². The van der Waals surface area contributed by atoms with Crippen LogP contribution in [0.2, 0.25) is 0 Å². The molecule has 0 fully saturated rings. The lowest BCUT2D eigenvalue weighted by molar-refractivity contribution is 1.07. The molecule has 268 valence electrons. The number of fused-ring (bicyclic) bond motifs is 5. The van der Waals surface area contributed by atoms with Gasteiger partial charge in [0.1, 0.15) is 0 Å². The summed E-state index contributed by atoms with van der Waals surface area (Å²) in [4.78, 5) is 20.9. The topological polar surface area (TPSA) is 38.7 Å². The van der Waals surface area contributed by atoms with Crippen LogP contribution in [0.5, 0.6) is 0 Å². The zero-order valence-electron chi connectivity index (χ0n) is 31.0. The Morgan fingerprint density at radius 2 is 0.719 bits per heavy atom. The number of benzene rings is 9. The summed E-state index contributed by atoms with van der Waals surface area (Å²) in [6.07, 6.45) is 0. The summed E-state index contributed by atoms with van der Waals surface area (Å²) in [5.41, 5.74) is 7.61. The van der Waals surface area contributed by atoms with Crippen molar-refractivity contribution in [2.75, 3.05) is 0 Å². The smallest absolute Gasteiger partial charge is 0.164 e. The normalized spacial score (nSPS) is 13.3. The molecule has 4 heteroatoms. The van der Waals surface area contributed by atoms with E-state index >= 15 is 0 Å². The lowest BCUT2D eigenvalue weighted by Crippen LogP contribution is -2.03. The van der Waals surface area contributed by atoms with Gasteiger partial charge in [0.05, 0.1) is 0 Å². The van der Waals surface area contributed by atoms with Gasteiger partial charge in [0.2, 0.25) is 0 Å². The van der Waals surface area contributed by atoms with Crippen molar-refractivity contribution in [3.05, 3.63) is 212 Å². The highest BCUT2D eigenvalue weighted by molar-refractivity contribution is 8.34. The molecule has 0 spiro atoms. The zero-order chi connectivity index (χ0) is 37.8. The van der Waals surface area contributed by atoms with Gasteiger partial charge in [-0.15, -0.1) is 10.0 Å². The minimum Gasteiger partial charge on any atom is -0.208 e. The fraction of sp³-hybridized carbons (Fsp3) is 0. The largest absolute Gasteiger partial charge is 0.208 e. The summed E-state index contributed by atoms with van der Waals surface area (Å²) in [5, 5.41) is 4.94. The Labute approximate surface area is 333 Å². The molecule has 0 bridgehead atoms. The molecule has 0 saturated carbocycles. The Morgan fingerprint density at radius 1 is 0.281 bits per heavy atom. The van der Waals surface area contributed by atoms with E-state index < -0.39 is 10.0 Å². The summed E-state index contributed by atoms with van der Waals surface area (Å²) < 4.78 is 0. The van der Waals surface area contributed by atoms with Crippen LogP contribution in [-0.4, -0.2) is 15.0 Å². The average Bonchev–Trinajstić information content (AvgIpc) is 3.60. The minimum atomic E-state index is -1.98. The summed E-state index contributed by atoms with van der Waals surface area (Å²) in [6.45, 7) is 0. The van der Waals surface area contributed by atoms with Crippen LogP contribution >= 0.6 is 10.0 Å². The van der Waals surface area contributed by atoms with Crippen molar-refractivity contribution < 1.29 is 0 Å². The standard InChI is InChI=1S/C53H35N3S/c1-3-14-36(15-4-1)39-26-28-41(29-27-39)52-54-51(40-18-5-2-6-19-40)55-53(56-52)47-23-13-25-49-50(47)46-22-11-12-24-48(46)57(49,44-32-30-37-16-7-9-20-42(37)34-44)45-33-31-38-17-8-10-21-43(38)35-45/h1-35H. The maximum atomic E-state index is 5.31. The fourth-order valence-corrected chi connectivity index (χ4v) is 12.7. The third-order valence-electron chi connectivity index (χ3n) is 11.1. The summed E-state index contributed by atoms with van der Waals surface area (Å²) in [7, 11) is -1.98. The van der Waals surface area contributed by atoms with Crippen LogP contribution in [0.15, 0.2) is 232 Å². The maximum Gasteiger partial charge on any atom is 0.164 e. The van der Waals surface area contributed by atoms with E-state index in [1.165, 1.54) is 57.8 Å². The molecular formula is C53H35N3S. The number of rotatable bonds is 6. The number of hydrogen-bond donors (Lipinski definition) is 0. The van der Waals surface area contributed by atoms with Crippen LogP contribution < -0.4 is 0 Å². The molecule has 2 heterocycles. The predicted molar refractivity (Wildman–Crippen MR) is 236 cm³/mol. The van der Waals surface area contributed by atoms with Crippen LogP contribution in [0, 0.1) is 0 Å². The fourth-order valence-electron chi connectivity index (χ4n) is 8.45. The van der Waals surface area contributed by atoms with Crippen molar-refractivity contribution in [1.82, 2.24) is 15.0 Å². The summed E-state index contributed by atoms with van der Waals surface area (Å²) in [5.74, 6) is 1.95. The minimum absolute atomic E-state index is 0.644. The van der Waals surface area contributed by atoms with Gasteiger partial charge in [-0.3, -0.25) is 0 Å². The Balaban J connectivity index is 1.17. The molecule has 1 aromatic heterocycles. The molecule has 9 aromatic carbocycles. The van der Waals surface area contributed by atoms with Gasteiger partial charge in [0.25, 0.3) is 0 Å². The molecule has 11 rings (SSSR count). The molecule has 0 radical (unpaired) electrons. The highest BCUT2D eigenvalue weighted by Crippen LogP contribution is 2.80. The van der Waals surface area contributed by atoms with E-state index in [2.05, 4.69) is 188 Å². The summed E-state index contributed by atoms with van der Waals surface area (Å²) >= 11 is 0. The van der Waals surface area contributed by atoms with Gasteiger partial charge in [-0.05, 0) is 74.6 Å². The van der Waals surface area contributed by atoms with Gasteiger partial charge in [-0.2, -0.15) is 0 Å². The number of aromatic nitrogens is 3. The molecule has 0 atom stereocenters. The molecule has 0 saturated heterocycles. The Morgan fingerprint density at radius 3 is 1.35 bits per heavy atom. The van der Waals surface area contributed by atoms with Crippen LogP contribution in [0.25, 0.3) is 78.0 Å². The molecule has 0 N–H and O–H groups in total. The highest BCUT2D eigenvalue weighted by atomic mass is 32.3. The first kappa shape index (κ1) is 33.2. The van der Waals surface area contributed by atoms with Crippen LogP contribution in [0.4, 0.5) is 0 Å². The highest BCUT2D eigenvalue weighted by Gasteiger charge is 2.43. The Hall–Kier alpha value is -7.14. The van der Waals surface area contributed by atoms with Gasteiger partial charge in [-0.1, -0.05) is 176 Å². The third kappa shape index (κ3) is 5.48. The number of nitrogens with zero attached hydrogens (tertiary/aromatic N) is 3. The molecule has 0 unspecified atom stereocenters. The predicted octanol–water partition coefficient (Wildman–Crippen LogP) is 14.2. The van der Waals surface area contributed by atoms with E-state index in [0.717, 1.165) is 22.3 Å². The number of hydrogen-bond acceptors (Lipinski definition) is 3. The first-order valence-electron chi connectivity index (χ1n) is 19.3. The van der Waals surface area contributed by atoms with Gasteiger partial charge in [0, 0.05) is 41.8 Å². The van der Waals surface area contributed by atoms with E-state index in [1.54, 1.807) is 0 Å². The lowest BCUT2D eigenvalue weighted by atomic mass is 9.99. The van der Waals surface area contributed by atoms with E-state index in [9.17, 15) is 0 Å². The zero-order valence-corrected chi connectivity index (χ0v) is 31.8. The molecular weight excluding hydrogens is 711 g/mol. The molecule has 1 aliphatic rings. The first-order chi connectivity index (χ1) is 28.2. The molecule has 1 aliphatic heterocycles. The summed E-state index contributed by atoms with van der Waals surface area (Å²) in [6, 6.07) is 76.5. The average molecular weight is 746 g/mol. The van der Waals surface area contributed by atoms with E-state index in [0.29, 0.717) is 17.5 Å². The van der Waals surface area contributed by atoms with Crippen molar-refractivity contribution >= 4 is 31.6 Å². The molecule has 0 aliphatic carbocycles. The van der Waals surface area contributed by atoms with Crippen molar-refractivity contribution in [2.24, 2.45) is 0 Å².